The molecule has 0 saturated heterocycles. The lowest BCUT2D eigenvalue weighted by Gasteiger charge is -2.10. The van der Waals surface area contributed by atoms with Gasteiger partial charge in [0.2, 0.25) is 0 Å². The molecule has 154 valence electrons. The van der Waals surface area contributed by atoms with Crippen LogP contribution in [0.3, 0.4) is 0 Å². The van der Waals surface area contributed by atoms with Crippen LogP contribution >= 0.6 is 11.6 Å². The van der Waals surface area contributed by atoms with Gasteiger partial charge in [-0.1, -0.05) is 23.7 Å². The molecule has 7 heteroatoms. The fraction of sp³-hybridized carbons (Fsp3) is 0.125. The number of aryl methyl sites for hydroxylation is 1. The van der Waals surface area contributed by atoms with Gasteiger partial charge in [-0.05, 0) is 54.4 Å². The van der Waals surface area contributed by atoms with Gasteiger partial charge in [-0.2, -0.15) is 5.26 Å². The van der Waals surface area contributed by atoms with Gasteiger partial charge in [0.1, 0.15) is 10.9 Å². The van der Waals surface area contributed by atoms with E-state index in [4.69, 9.17) is 20.8 Å². The van der Waals surface area contributed by atoms with E-state index in [0.29, 0.717) is 34.9 Å². The Morgan fingerprint density at radius 3 is 2.77 bits per heavy atom. The Labute approximate surface area is 183 Å². The van der Waals surface area contributed by atoms with Gasteiger partial charge in [0.15, 0.2) is 11.7 Å². The number of hydrogen-bond acceptors (Lipinski definition) is 5. The number of aromatic nitrogens is 2. The zero-order valence-electron chi connectivity index (χ0n) is 16.9. The van der Waals surface area contributed by atoms with Crippen molar-refractivity contribution < 1.29 is 9.15 Å². The first kappa shape index (κ1) is 20.5. The molecule has 0 fully saturated rings. The molecule has 6 nitrogen and oxygen atoms in total. The van der Waals surface area contributed by atoms with E-state index in [1.807, 2.05) is 25.1 Å². The average Bonchev–Trinajstić information content (AvgIpc) is 3.23. The molecule has 4 aromatic rings. The number of pyridine rings is 1. The van der Waals surface area contributed by atoms with Crippen molar-refractivity contribution in [3.8, 4) is 28.8 Å². The van der Waals surface area contributed by atoms with Crippen molar-refractivity contribution in [2.75, 3.05) is 7.11 Å². The minimum Gasteiger partial charge on any atom is -0.497 e. The Morgan fingerprint density at radius 1 is 1.19 bits per heavy atom. The summed E-state index contributed by atoms with van der Waals surface area (Å²) >= 11 is 6.23. The predicted molar refractivity (Wildman–Crippen MR) is 118 cm³/mol. The molecule has 0 aliphatic rings. The van der Waals surface area contributed by atoms with Gasteiger partial charge >= 0.3 is 0 Å². The maximum absolute atomic E-state index is 12.3. The lowest BCUT2D eigenvalue weighted by molar-refractivity contribution is 0.414. The molecule has 0 atom stereocenters. The van der Waals surface area contributed by atoms with E-state index in [1.54, 1.807) is 43.6 Å². The third-order valence-corrected chi connectivity index (χ3v) is 5.24. The van der Waals surface area contributed by atoms with Crippen LogP contribution < -0.4 is 10.3 Å². The fourth-order valence-electron chi connectivity index (χ4n) is 3.32. The molecule has 0 radical (unpaired) electrons. The Balaban J connectivity index is 1.72. The van der Waals surface area contributed by atoms with Gasteiger partial charge in [-0.3, -0.25) is 9.36 Å². The van der Waals surface area contributed by atoms with Gasteiger partial charge in [0.05, 0.1) is 30.6 Å². The van der Waals surface area contributed by atoms with E-state index < -0.39 is 0 Å². The first-order valence-electron chi connectivity index (χ1n) is 9.50. The smallest absolute Gasteiger partial charge is 0.256 e. The molecular formula is C24H18ClN3O3. The second-order valence-corrected chi connectivity index (χ2v) is 7.38. The number of nitriles is 1. The van der Waals surface area contributed by atoms with E-state index in [0.717, 1.165) is 16.9 Å². The zero-order chi connectivity index (χ0) is 22.0. The van der Waals surface area contributed by atoms with E-state index in [2.05, 4.69) is 11.1 Å². The van der Waals surface area contributed by atoms with Crippen molar-refractivity contribution in [2.24, 2.45) is 0 Å². The normalized spacial score (nSPS) is 10.6. The van der Waals surface area contributed by atoms with Crippen molar-refractivity contribution in [3.05, 3.63) is 98.9 Å². The highest BCUT2D eigenvalue weighted by atomic mass is 35.5. The van der Waals surface area contributed by atoms with E-state index in [1.165, 1.54) is 10.6 Å². The van der Waals surface area contributed by atoms with Crippen molar-refractivity contribution in [1.82, 2.24) is 9.55 Å². The van der Waals surface area contributed by atoms with Gasteiger partial charge < -0.3 is 9.15 Å². The average molecular weight is 432 g/mol. The standard InChI is InChI=1S/C24H18ClN3O3/c1-15-6-7-20(30-2)11-17(15)12-23-27-14-21(31-23)18-8-16(13-26)9-19(10-18)28-22(25)4-3-5-24(28)29/h3-11,14H,12H2,1-2H3. The molecule has 0 spiro atoms. The molecule has 2 heterocycles. The molecular weight excluding hydrogens is 414 g/mol. The molecule has 0 saturated carbocycles. The van der Waals surface area contributed by atoms with Crippen molar-refractivity contribution >= 4 is 11.6 Å². The van der Waals surface area contributed by atoms with Crippen LogP contribution in [-0.2, 0) is 6.42 Å². The minimum absolute atomic E-state index is 0.250. The third kappa shape index (κ3) is 4.23. The molecule has 0 aliphatic carbocycles. The van der Waals surface area contributed by atoms with E-state index in [9.17, 15) is 10.1 Å². The van der Waals surface area contributed by atoms with Gasteiger partial charge in [0.25, 0.3) is 5.56 Å². The van der Waals surface area contributed by atoms with Crippen LogP contribution in [0.25, 0.3) is 17.0 Å². The number of rotatable bonds is 5. The zero-order valence-corrected chi connectivity index (χ0v) is 17.7. The lowest BCUT2D eigenvalue weighted by atomic mass is 10.1. The van der Waals surface area contributed by atoms with Crippen LogP contribution in [0, 0.1) is 18.3 Å². The summed E-state index contributed by atoms with van der Waals surface area (Å²) in [6, 6.07) is 17.6. The highest BCUT2D eigenvalue weighted by Gasteiger charge is 2.13. The van der Waals surface area contributed by atoms with Crippen LogP contribution in [0.5, 0.6) is 5.75 Å². The monoisotopic (exact) mass is 431 g/mol. The largest absolute Gasteiger partial charge is 0.497 e. The summed E-state index contributed by atoms with van der Waals surface area (Å²) < 4.78 is 12.6. The first-order chi connectivity index (χ1) is 15.0. The fourth-order valence-corrected chi connectivity index (χ4v) is 3.57. The second kappa shape index (κ2) is 8.50. The highest BCUT2D eigenvalue weighted by Crippen LogP contribution is 2.27. The number of nitrogens with zero attached hydrogens (tertiary/aromatic N) is 3. The number of hydrogen-bond donors (Lipinski definition) is 0. The minimum atomic E-state index is -0.291. The first-order valence-corrected chi connectivity index (χ1v) is 9.88. The predicted octanol–water partition coefficient (Wildman–Crippen LogP) is 4.93. The van der Waals surface area contributed by atoms with Crippen molar-refractivity contribution in [3.63, 3.8) is 0 Å². The van der Waals surface area contributed by atoms with Gasteiger partial charge in [-0.15, -0.1) is 0 Å². The highest BCUT2D eigenvalue weighted by molar-refractivity contribution is 6.29. The Bertz CT molecular complexity index is 1370. The Kier molecular flexibility index (Phi) is 5.61. The summed E-state index contributed by atoms with van der Waals surface area (Å²) in [7, 11) is 1.63. The Morgan fingerprint density at radius 2 is 2.03 bits per heavy atom. The number of methoxy groups -OCH3 is 1. The van der Waals surface area contributed by atoms with Gasteiger partial charge in [0, 0.05) is 18.1 Å². The number of halogens is 1. The second-order valence-electron chi connectivity index (χ2n) is 6.99. The van der Waals surface area contributed by atoms with Crippen LogP contribution in [0.4, 0.5) is 0 Å². The maximum Gasteiger partial charge on any atom is 0.256 e. The number of ether oxygens (including phenoxy) is 1. The van der Waals surface area contributed by atoms with Crippen molar-refractivity contribution in [1.29, 1.82) is 5.26 Å². The molecule has 2 aromatic heterocycles. The number of benzene rings is 2. The molecule has 31 heavy (non-hydrogen) atoms. The summed E-state index contributed by atoms with van der Waals surface area (Å²) in [5, 5.41) is 9.72. The SMILES string of the molecule is COc1ccc(C)c(Cc2ncc(-c3cc(C#N)cc(-n4c(Cl)cccc4=O)c3)o2)c1. The summed E-state index contributed by atoms with van der Waals surface area (Å²) in [5.74, 6) is 1.79. The summed E-state index contributed by atoms with van der Waals surface area (Å²) in [6.45, 7) is 2.02. The lowest BCUT2D eigenvalue weighted by Crippen LogP contribution is -2.17. The summed E-state index contributed by atoms with van der Waals surface area (Å²) in [6.07, 6.45) is 2.11. The van der Waals surface area contributed by atoms with Crippen LogP contribution in [0.15, 0.2) is 70.0 Å². The molecule has 0 amide bonds. The molecule has 0 N–H and O–H groups in total. The Hall–Kier alpha value is -3.82. The molecule has 0 aliphatic heterocycles. The van der Waals surface area contributed by atoms with E-state index in [-0.39, 0.29) is 10.7 Å². The van der Waals surface area contributed by atoms with E-state index >= 15 is 0 Å². The molecule has 2 aromatic carbocycles. The van der Waals surface area contributed by atoms with Crippen LogP contribution in [-0.4, -0.2) is 16.7 Å². The summed E-state index contributed by atoms with van der Waals surface area (Å²) in [4.78, 5) is 16.7. The number of oxazole rings is 1. The molecule has 0 bridgehead atoms. The topological polar surface area (TPSA) is 81.0 Å². The van der Waals surface area contributed by atoms with Crippen LogP contribution in [0.2, 0.25) is 5.15 Å². The molecule has 4 rings (SSSR count). The van der Waals surface area contributed by atoms with Crippen molar-refractivity contribution in [2.45, 2.75) is 13.3 Å². The quantitative estimate of drug-likeness (QED) is 0.419. The van der Waals surface area contributed by atoms with Crippen LogP contribution in [0.1, 0.15) is 22.6 Å². The molecule has 0 unspecified atom stereocenters. The maximum atomic E-state index is 12.3. The third-order valence-electron chi connectivity index (χ3n) is 4.95. The summed E-state index contributed by atoms with van der Waals surface area (Å²) in [5.41, 5.74) is 3.34. The van der Waals surface area contributed by atoms with Gasteiger partial charge in [-0.25, -0.2) is 4.98 Å².